The van der Waals surface area contributed by atoms with Crippen molar-refractivity contribution in [3.8, 4) is 0 Å². The van der Waals surface area contributed by atoms with E-state index in [4.69, 9.17) is 11.6 Å². The molecule has 0 bridgehead atoms. The maximum Gasteiger partial charge on any atom is 0.335 e. The number of hydrogen-bond donors (Lipinski definition) is 1. The topological polar surface area (TPSA) is 79.4 Å². The highest BCUT2D eigenvalue weighted by Gasteiger charge is 2.36. The number of nitrogens with one attached hydrogen (secondary N) is 1. The Bertz CT molecular complexity index is 1130. The van der Waals surface area contributed by atoms with Gasteiger partial charge in [-0.1, -0.05) is 23.4 Å². The standard InChI is InChI=1S/C20H12ClN3O3S2/c21-12-1-3-14(4-2-12)28-17-6-5-15(29-17)11-16-18(25)23-20(27)24(19(16)26)13-7-9-22-10-8-13/h1-11H,(H,23,25,27)/b16-11+. The molecule has 4 rings (SSSR count). The van der Waals surface area contributed by atoms with Crippen molar-refractivity contribution in [3.63, 3.8) is 0 Å². The first-order chi connectivity index (χ1) is 14.0. The summed E-state index contributed by atoms with van der Waals surface area (Å²) in [6, 6.07) is 13.5. The van der Waals surface area contributed by atoms with Gasteiger partial charge in [0, 0.05) is 27.2 Å². The van der Waals surface area contributed by atoms with E-state index in [1.165, 1.54) is 41.9 Å². The van der Waals surface area contributed by atoms with Crippen molar-refractivity contribution >= 4 is 64.3 Å². The molecule has 0 aliphatic carbocycles. The summed E-state index contributed by atoms with van der Waals surface area (Å²) in [5.74, 6) is -1.39. The maximum absolute atomic E-state index is 12.8. The number of thiophene rings is 1. The van der Waals surface area contributed by atoms with Crippen LogP contribution in [0.4, 0.5) is 10.5 Å². The number of benzene rings is 1. The summed E-state index contributed by atoms with van der Waals surface area (Å²) in [5.41, 5.74) is 0.234. The smallest absolute Gasteiger partial charge is 0.273 e. The molecule has 2 aromatic heterocycles. The number of carbonyl (C=O) groups is 3. The van der Waals surface area contributed by atoms with E-state index in [0.717, 1.165) is 18.9 Å². The van der Waals surface area contributed by atoms with E-state index in [2.05, 4.69) is 10.3 Å². The van der Waals surface area contributed by atoms with Crippen molar-refractivity contribution in [1.29, 1.82) is 0 Å². The molecule has 1 fully saturated rings. The summed E-state index contributed by atoms with van der Waals surface area (Å²) >= 11 is 8.89. The molecule has 3 aromatic rings. The first-order valence-electron chi connectivity index (χ1n) is 8.36. The lowest BCUT2D eigenvalue weighted by Gasteiger charge is -2.26. The Morgan fingerprint density at radius 1 is 1.00 bits per heavy atom. The van der Waals surface area contributed by atoms with Crippen molar-refractivity contribution in [1.82, 2.24) is 10.3 Å². The van der Waals surface area contributed by atoms with Crippen LogP contribution >= 0.6 is 34.7 Å². The number of hydrogen-bond acceptors (Lipinski definition) is 6. The van der Waals surface area contributed by atoms with E-state index < -0.39 is 17.8 Å². The Morgan fingerprint density at radius 3 is 2.45 bits per heavy atom. The lowest BCUT2D eigenvalue weighted by molar-refractivity contribution is -0.122. The van der Waals surface area contributed by atoms with Gasteiger partial charge in [0.05, 0.1) is 9.90 Å². The maximum atomic E-state index is 12.8. The molecule has 4 amide bonds. The fourth-order valence-electron chi connectivity index (χ4n) is 2.61. The van der Waals surface area contributed by atoms with Gasteiger partial charge in [0.15, 0.2) is 0 Å². The molecule has 144 valence electrons. The number of aromatic nitrogens is 1. The van der Waals surface area contributed by atoms with Gasteiger partial charge in [-0.3, -0.25) is 19.9 Å². The third-order valence-electron chi connectivity index (χ3n) is 3.94. The molecular formula is C20H12ClN3O3S2. The molecule has 1 N–H and O–H groups in total. The van der Waals surface area contributed by atoms with Gasteiger partial charge < -0.3 is 0 Å². The summed E-state index contributed by atoms with van der Waals surface area (Å²) in [4.78, 5) is 43.8. The van der Waals surface area contributed by atoms with E-state index in [0.29, 0.717) is 10.7 Å². The van der Waals surface area contributed by atoms with Gasteiger partial charge in [0.1, 0.15) is 5.57 Å². The SMILES string of the molecule is O=C1NC(=O)N(c2ccncc2)C(=O)/C1=C/c1ccc(Sc2ccc(Cl)cc2)s1. The Balaban J connectivity index is 1.59. The van der Waals surface area contributed by atoms with Crippen molar-refractivity contribution in [2.45, 2.75) is 9.10 Å². The zero-order valence-electron chi connectivity index (χ0n) is 14.7. The highest BCUT2D eigenvalue weighted by atomic mass is 35.5. The number of urea groups is 1. The Kier molecular flexibility index (Phi) is 5.48. The van der Waals surface area contributed by atoms with Crippen LogP contribution in [0.5, 0.6) is 0 Å². The second-order valence-corrected chi connectivity index (χ2v) is 8.80. The first-order valence-corrected chi connectivity index (χ1v) is 10.4. The van der Waals surface area contributed by atoms with Crippen LogP contribution in [0.3, 0.4) is 0 Å². The molecule has 29 heavy (non-hydrogen) atoms. The summed E-state index contributed by atoms with van der Waals surface area (Å²) in [6.07, 6.45) is 4.43. The Labute approximate surface area is 179 Å². The van der Waals surface area contributed by atoms with E-state index in [9.17, 15) is 14.4 Å². The average molecular weight is 442 g/mol. The highest BCUT2D eigenvalue weighted by molar-refractivity contribution is 8.01. The van der Waals surface area contributed by atoms with Crippen molar-refractivity contribution in [3.05, 3.63) is 76.4 Å². The number of pyridine rings is 1. The summed E-state index contributed by atoms with van der Waals surface area (Å²) in [6.45, 7) is 0. The zero-order valence-corrected chi connectivity index (χ0v) is 17.1. The predicted octanol–water partition coefficient (Wildman–Crippen LogP) is 4.61. The minimum atomic E-state index is -0.784. The molecule has 0 radical (unpaired) electrons. The second-order valence-electron chi connectivity index (χ2n) is 5.88. The van der Waals surface area contributed by atoms with Crippen LogP contribution in [-0.2, 0) is 9.59 Å². The van der Waals surface area contributed by atoms with Gasteiger partial charge in [0.2, 0.25) is 0 Å². The van der Waals surface area contributed by atoms with Gasteiger partial charge in [-0.05, 0) is 54.6 Å². The van der Waals surface area contributed by atoms with Gasteiger partial charge in [-0.15, -0.1) is 11.3 Å². The zero-order chi connectivity index (χ0) is 20.4. The summed E-state index contributed by atoms with van der Waals surface area (Å²) in [7, 11) is 0. The van der Waals surface area contributed by atoms with E-state index in [1.54, 1.807) is 11.8 Å². The summed E-state index contributed by atoms with van der Waals surface area (Å²) < 4.78 is 0.991. The van der Waals surface area contributed by atoms with Crippen LogP contribution < -0.4 is 10.2 Å². The quantitative estimate of drug-likeness (QED) is 0.472. The van der Waals surface area contributed by atoms with Gasteiger partial charge >= 0.3 is 6.03 Å². The van der Waals surface area contributed by atoms with Gasteiger partial charge in [-0.25, -0.2) is 9.69 Å². The fourth-order valence-corrected chi connectivity index (χ4v) is 4.80. The molecule has 0 spiro atoms. The molecule has 1 aliphatic rings. The van der Waals surface area contributed by atoms with Crippen LogP contribution in [-0.4, -0.2) is 22.8 Å². The third-order valence-corrected chi connectivity index (χ3v) is 6.37. The highest BCUT2D eigenvalue weighted by Crippen LogP contribution is 2.35. The Morgan fingerprint density at radius 2 is 1.72 bits per heavy atom. The lowest BCUT2D eigenvalue weighted by atomic mass is 10.1. The molecule has 0 atom stereocenters. The minimum Gasteiger partial charge on any atom is -0.273 e. The van der Waals surface area contributed by atoms with Crippen LogP contribution in [0.25, 0.3) is 6.08 Å². The van der Waals surface area contributed by atoms with Crippen LogP contribution in [0.2, 0.25) is 5.02 Å². The van der Waals surface area contributed by atoms with E-state index in [-0.39, 0.29) is 5.57 Å². The molecule has 1 saturated heterocycles. The number of barbiturate groups is 1. The third kappa shape index (κ3) is 4.24. The van der Waals surface area contributed by atoms with Crippen molar-refractivity contribution < 1.29 is 14.4 Å². The second kappa shape index (κ2) is 8.20. The number of halogens is 1. The molecule has 0 unspecified atom stereocenters. The molecule has 1 aromatic carbocycles. The molecule has 3 heterocycles. The number of rotatable bonds is 4. The number of amides is 4. The fraction of sp³-hybridized carbons (Fsp3) is 0. The molecule has 1 aliphatic heterocycles. The number of imide groups is 2. The first kappa shape index (κ1) is 19.4. The van der Waals surface area contributed by atoms with Crippen LogP contribution in [0, 0.1) is 0 Å². The van der Waals surface area contributed by atoms with Gasteiger partial charge in [-0.2, -0.15) is 0 Å². The number of anilines is 1. The molecule has 9 heteroatoms. The number of carbonyl (C=O) groups excluding carboxylic acids is 3. The molecule has 6 nitrogen and oxygen atoms in total. The van der Waals surface area contributed by atoms with Crippen molar-refractivity contribution in [2.75, 3.05) is 4.90 Å². The molecular weight excluding hydrogens is 430 g/mol. The van der Waals surface area contributed by atoms with Crippen LogP contribution in [0.1, 0.15) is 4.88 Å². The lowest BCUT2D eigenvalue weighted by Crippen LogP contribution is -2.54. The largest absolute Gasteiger partial charge is 0.335 e. The monoisotopic (exact) mass is 441 g/mol. The minimum absolute atomic E-state index is 0.105. The molecule has 0 saturated carbocycles. The summed E-state index contributed by atoms with van der Waals surface area (Å²) in [5, 5.41) is 2.87. The number of nitrogens with zero attached hydrogens (tertiary/aromatic N) is 2. The predicted molar refractivity (Wildman–Crippen MR) is 113 cm³/mol. The Hall–Kier alpha value is -2.94. The normalized spacial score (nSPS) is 15.7. The van der Waals surface area contributed by atoms with E-state index >= 15 is 0 Å². The van der Waals surface area contributed by atoms with Crippen molar-refractivity contribution in [2.24, 2.45) is 0 Å². The van der Waals surface area contributed by atoms with Crippen LogP contribution in [0.15, 0.2) is 75.6 Å². The average Bonchev–Trinajstić information content (AvgIpc) is 3.15. The van der Waals surface area contributed by atoms with Gasteiger partial charge in [0.25, 0.3) is 11.8 Å². The van der Waals surface area contributed by atoms with E-state index in [1.807, 2.05) is 36.4 Å².